The maximum Gasteiger partial charge on any atom is 0.248 e. The number of nitrogens with zero attached hydrogens (tertiary/aromatic N) is 1. The molecule has 1 aliphatic rings. The van der Waals surface area contributed by atoms with E-state index in [0.29, 0.717) is 6.07 Å². The number of benzene rings is 1. The summed E-state index contributed by atoms with van der Waals surface area (Å²) in [5, 5.41) is 9.25. The van der Waals surface area contributed by atoms with Gasteiger partial charge >= 0.3 is 0 Å². The quantitative estimate of drug-likeness (QED) is 0.870. The van der Waals surface area contributed by atoms with Gasteiger partial charge in [-0.2, -0.15) is 0 Å². The van der Waals surface area contributed by atoms with Crippen molar-refractivity contribution >= 4 is 11.6 Å². The highest BCUT2D eigenvalue weighted by Crippen LogP contribution is 2.38. The van der Waals surface area contributed by atoms with Crippen LogP contribution >= 0.6 is 0 Å². The van der Waals surface area contributed by atoms with Gasteiger partial charge in [-0.15, -0.1) is 0 Å². The molecule has 1 atom stereocenters. The normalized spacial score (nSPS) is 18.9. The standard InChI is InChI=1S/C13H16F2N2O2/c1-13(2,6-18)5-17-9-4-7(14)3-8(15)10(9)11(16)12(17)19/h3-4,11,18H,5-6,16H2,1-2H3. The zero-order chi connectivity index (χ0) is 14.4. The van der Waals surface area contributed by atoms with E-state index in [1.54, 1.807) is 13.8 Å². The first-order valence-corrected chi connectivity index (χ1v) is 5.93. The van der Waals surface area contributed by atoms with E-state index in [1.165, 1.54) is 4.90 Å². The first-order chi connectivity index (χ1) is 8.76. The molecule has 0 saturated heterocycles. The molecule has 1 amide bonds. The molecule has 1 aromatic rings. The number of hydrogen-bond donors (Lipinski definition) is 2. The van der Waals surface area contributed by atoms with E-state index in [4.69, 9.17) is 5.73 Å². The van der Waals surface area contributed by atoms with Gasteiger partial charge in [-0.05, 0) is 6.07 Å². The summed E-state index contributed by atoms with van der Waals surface area (Å²) >= 11 is 0. The predicted octanol–water partition coefficient (Wildman–Crippen LogP) is 1.33. The fourth-order valence-electron chi connectivity index (χ4n) is 2.15. The minimum absolute atomic E-state index is 0.0140. The van der Waals surface area contributed by atoms with Gasteiger partial charge in [0, 0.05) is 30.2 Å². The SMILES string of the molecule is CC(C)(CO)CN1C(=O)C(N)c2c(F)cc(F)cc21. The van der Waals surface area contributed by atoms with Crippen molar-refractivity contribution in [2.75, 3.05) is 18.1 Å². The molecule has 1 unspecified atom stereocenters. The molecule has 6 heteroatoms. The van der Waals surface area contributed by atoms with E-state index < -0.39 is 29.0 Å². The number of carbonyl (C=O) groups excluding carboxylic acids is 1. The summed E-state index contributed by atoms with van der Waals surface area (Å²) in [5.74, 6) is -2.06. The van der Waals surface area contributed by atoms with Gasteiger partial charge < -0.3 is 15.7 Å². The Hall–Kier alpha value is -1.53. The van der Waals surface area contributed by atoms with Crippen LogP contribution in [0.1, 0.15) is 25.5 Å². The number of aliphatic hydroxyl groups excluding tert-OH is 1. The lowest BCUT2D eigenvalue weighted by Crippen LogP contribution is -2.40. The molecular weight excluding hydrogens is 254 g/mol. The van der Waals surface area contributed by atoms with Gasteiger partial charge in [0.15, 0.2) is 0 Å². The molecule has 0 saturated carbocycles. The lowest BCUT2D eigenvalue weighted by atomic mass is 9.94. The number of nitrogens with two attached hydrogens (primary N) is 1. The monoisotopic (exact) mass is 270 g/mol. The smallest absolute Gasteiger partial charge is 0.248 e. The van der Waals surface area contributed by atoms with Crippen LogP contribution in [0.15, 0.2) is 12.1 Å². The second kappa shape index (κ2) is 4.54. The molecule has 104 valence electrons. The van der Waals surface area contributed by atoms with Crippen molar-refractivity contribution in [3.8, 4) is 0 Å². The van der Waals surface area contributed by atoms with Crippen LogP contribution in [0.5, 0.6) is 0 Å². The number of anilines is 1. The van der Waals surface area contributed by atoms with E-state index in [0.717, 1.165) is 6.07 Å². The van der Waals surface area contributed by atoms with Gasteiger partial charge in [0.1, 0.15) is 17.7 Å². The van der Waals surface area contributed by atoms with Gasteiger partial charge in [-0.1, -0.05) is 13.8 Å². The molecule has 0 aliphatic carbocycles. The lowest BCUT2D eigenvalue weighted by Gasteiger charge is -2.28. The Morgan fingerprint density at radius 1 is 1.42 bits per heavy atom. The number of carbonyl (C=O) groups is 1. The first-order valence-electron chi connectivity index (χ1n) is 5.93. The summed E-state index contributed by atoms with van der Waals surface area (Å²) in [6, 6.07) is 0.689. The minimum atomic E-state index is -1.12. The van der Waals surface area contributed by atoms with E-state index in [1.807, 2.05) is 0 Å². The van der Waals surface area contributed by atoms with Gasteiger partial charge in [0.25, 0.3) is 0 Å². The number of rotatable bonds is 3. The Morgan fingerprint density at radius 2 is 2.05 bits per heavy atom. The number of aliphatic hydroxyl groups is 1. The molecule has 0 radical (unpaired) electrons. The molecule has 0 bridgehead atoms. The van der Waals surface area contributed by atoms with Crippen molar-refractivity contribution in [3.05, 3.63) is 29.3 Å². The molecular formula is C13H16F2N2O2. The summed E-state index contributed by atoms with van der Waals surface area (Å²) in [5.41, 5.74) is 5.26. The third-order valence-electron chi connectivity index (χ3n) is 3.22. The van der Waals surface area contributed by atoms with Crippen molar-refractivity contribution in [1.82, 2.24) is 0 Å². The highest BCUT2D eigenvalue weighted by atomic mass is 19.1. The number of halogens is 2. The third-order valence-corrected chi connectivity index (χ3v) is 3.22. The molecule has 0 aromatic heterocycles. The average molecular weight is 270 g/mol. The van der Waals surface area contributed by atoms with Gasteiger partial charge in [0.2, 0.25) is 5.91 Å². The van der Waals surface area contributed by atoms with Gasteiger partial charge in [-0.25, -0.2) is 8.78 Å². The van der Waals surface area contributed by atoms with Gasteiger partial charge in [-0.3, -0.25) is 4.79 Å². The van der Waals surface area contributed by atoms with Crippen molar-refractivity contribution in [2.45, 2.75) is 19.9 Å². The largest absolute Gasteiger partial charge is 0.396 e. The molecule has 1 aromatic carbocycles. The Kier molecular flexibility index (Phi) is 3.32. The molecule has 1 heterocycles. The second-order valence-corrected chi connectivity index (χ2v) is 5.54. The highest BCUT2D eigenvalue weighted by molar-refractivity contribution is 6.04. The van der Waals surface area contributed by atoms with E-state index in [-0.39, 0.29) is 24.4 Å². The van der Waals surface area contributed by atoms with Crippen LogP contribution in [-0.2, 0) is 4.79 Å². The maximum absolute atomic E-state index is 13.7. The van der Waals surface area contributed by atoms with Crippen LogP contribution in [0.4, 0.5) is 14.5 Å². The molecule has 1 aliphatic heterocycles. The number of amides is 1. The summed E-state index contributed by atoms with van der Waals surface area (Å²) in [4.78, 5) is 13.3. The van der Waals surface area contributed by atoms with Crippen molar-refractivity contribution in [3.63, 3.8) is 0 Å². The number of hydrogen-bond acceptors (Lipinski definition) is 3. The molecule has 4 nitrogen and oxygen atoms in total. The zero-order valence-electron chi connectivity index (χ0n) is 10.8. The fraction of sp³-hybridized carbons (Fsp3) is 0.462. The van der Waals surface area contributed by atoms with Crippen LogP contribution in [-0.4, -0.2) is 24.2 Å². The van der Waals surface area contributed by atoms with Crippen molar-refractivity contribution in [2.24, 2.45) is 11.1 Å². The summed E-state index contributed by atoms with van der Waals surface area (Å²) < 4.78 is 27.0. The highest BCUT2D eigenvalue weighted by Gasteiger charge is 2.39. The number of fused-ring (bicyclic) bond motifs is 1. The van der Waals surface area contributed by atoms with Crippen molar-refractivity contribution in [1.29, 1.82) is 0 Å². The fourth-order valence-corrected chi connectivity index (χ4v) is 2.15. The average Bonchev–Trinajstić information content (AvgIpc) is 2.54. The molecule has 0 spiro atoms. The minimum Gasteiger partial charge on any atom is -0.396 e. The van der Waals surface area contributed by atoms with Crippen LogP contribution < -0.4 is 10.6 Å². The van der Waals surface area contributed by atoms with Crippen LogP contribution in [0, 0.1) is 17.0 Å². The van der Waals surface area contributed by atoms with E-state index >= 15 is 0 Å². The Morgan fingerprint density at radius 3 is 2.63 bits per heavy atom. The Labute approximate surface area is 109 Å². The molecule has 0 fully saturated rings. The van der Waals surface area contributed by atoms with Gasteiger partial charge in [0.05, 0.1) is 5.69 Å². The molecule has 2 rings (SSSR count). The third kappa shape index (κ3) is 2.33. The van der Waals surface area contributed by atoms with Crippen molar-refractivity contribution < 1.29 is 18.7 Å². The van der Waals surface area contributed by atoms with Crippen LogP contribution in [0.2, 0.25) is 0 Å². The zero-order valence-corrected chi connectivity index (χ0v) is 10.8. The van der Waals surface area contributed by atoms with E-state index in [2.05, 4.69) is 0 Å². The Bertz CT molecular complexity index is 532. The Balaban J connectivity index is 2.47. The lowest BCUT2D eigenvalue weighted by molar-refractivity contribution is -0.119. The molecule has 19 heavy (non-hydrogen) atoms. The maximum atomic E-state index is 13.7. The van der Waals surface area contributed by atoms with E-state index in [9.17, 15) is 18.7 Å². The van der Waals surface area contributed by atoms with Crippen LogP contribution in [0.3, 0.4) is 0 Å². The first kappa shape index (κ1) is 13.9. The molecule has 3 N–H and O–H groups in total. The summed E-state index contributed by atoms with van der Waals surface area (Å²) in [7, 11) is 0. The summed E-state index contributed by atoms with van der Waals surface area (Å²) in [6.45, 7) is 3.49. The predicted molar refractivity (Wildman–Crippen MR) is 66.5 cm³/mol. The van der Waals surface area contributed by atoms with Crippen LogP contribution in [0.25, 0.3) is 0 Å². The second-order valence-electron chi connectivity index (χ2n) is 5.54. The topological polar surface area (TPSA) is 66.6 Å². The summed E-state index contributed by atoms with van der Waals surface area (Å²) in [6.07, 6.45) is 0.